The molecule has 0 aliphatic carbocycles. The topological polar surface area (TPSA) is 65.2 Å². The maximum absolute atomic E-state index is 10.9. The highest BCUT2D eigenvalue weighted by Gasteiger charge is 2.11. The summed E-state index contributed by atoms with van der Waals surface area (Å²) in [5, 5.41) is 6.17. The van der Waals surface area contributed by atoms with Crippen LogP contribution in [0.2, 0.25) is 0 Å². The minimum Gasteiger partial charge on any atom is -0.289 e. The van der Waals surface area contributed by atoms with E-state index in [0.717, 1.165) is 13.1 Å². The number of nitrogens with one attached hydrogen (secondary N) is 4. The molecule has 1 heterocycles. The lowest BCUT2D eigenvalue weighted by Crippen LogP contribution is -2.53. The Balaban J connectivity index is 2.03. The Labute approximate surface area is 76.2 Å². The molecule has 0 atom stereocenters. The molecule has 12 heavy (non-hydrogen) atoms. The molecule has 4 N–H and O–H groups in total. The van der Waals surface area contributed by atoms with E-state index in [1.54, 1.807) is 0 Å². The van der Waals surface area contributed by atoms with Gasteiger partial charge in [0.25, 0.3) is 0 Å². The zero-order chi connectivity index (χ0) is 8.81. The van der Waals surface area contributed by atoms with Gasteiger partial charge in [-0.3, -0.25) is 20.9 Å². The van der Waals surface area contributed by atoms with Crippen molar-refractivity contribution >= 4 is 17.5 Å². The zero-order valence-corrected chi connectivity index (χ0v) is 7.45. The van der Waals surface area contributed by atoms with Crippen LogP contribution in [0.25, 0.3) is 0 Å². The summed E-state index contributed by atoms with van der Waals surface area (Å²) in [7, 11) is 0. The number of carbonyl (C=O) groups excluding carboxylic acids is 1. The molecule has 0 spiro atoms. The van der Waals surface area contributed by atoms with Crippen molar-refractivity contribution in [3.8, 4) is 0 Å². The van der Waals surface area contributed by atoms with Crippen molar-refractivity contribution < 1.29 is 4.79 Å². The summed E-state index contributed by atoms with van der Waals surface area (Å²) in [6.07, 6.45) is 0.311. The Morgan fingerprint density at radius 3 is 2.75 bits per heavy atom. The molecule has 1 amide bonds. The highest BCUT2D eigenvalue weighted by molar-refractivity contribution is 6.18. The minimum atomic E-state index is -0.0968. The minimum absolute atomic E-state index is 0.0238. The average Bonchev–Trinajstić information content (AvgIpc) is 2.53. The van der Waals surface area contributed by atoms with Gasteiger partial charge in [-0.1, -0.05) is 0 Å². The number of halogens is 1. The lowest BCUT2D eigenvalue weighted by Gasteiger charge is -2.13. The maximum Gasteiger partial charge on any atom is 0.235 e. The summed E-state index contributed by atoms with van der Waals surface area (Å²) in [6, 6.07) is 0. The number of hydrazine groups is 1. The number of amides is 1. The van der Waals surface area contributed by atoms with E-state index in [0.29, 0.717) is 12.3 Å². The zero-order valence-electron chi connectivity index (χ0n) is 6.69. The van der Waals surface area contributed by atoms with Gasteiger partial charge in [-0.2, -0.15) is 0 Å². The van der Waals surface area contributed by atoms with E-state index in [4.69, 9.17) is 11.6 Å². The second-order valence-electron chi connectivity index (χ2n) is 2.47. The van der Waals surface area contributed by atoms with E-state index >= 15 is 0 Å². The molecule has 0 radical (unpaired) electrons. The van der Waals surface area contributed by atoms with Gasteiger partial charge in [-0.15, -0.1) is 11.6 Å². The standard InChI is InChI=1S/C6H13ClN4O/c7-2-1-5(12)10-11-6-8-3-4-9-6/h6,8-9,11H,1-4H2,(H,10,12). The van der Waals surface area contributed by atoms with E-state index in [9.17, 15) is 4.79 Å². The molecule has 1 fully saturated rings. The third-order valence-electron chi connectivity index (χ3n) is 1.50. The van der Waals surface area contributed by atoms with Crippen LogP contribution in [0.1, 0.15) is 6.42 Å². The van der Waals surface area contributed by atoms with Gasteiger partial charge < -0.3 is 0 Å². The van der Waals surface area contributed by atoms with Crippen LogP contribution >= 0.6 is 11.6 Å². The largest absolute Gasteiger partial charge is 0.289 e. The number of carbonyl (C=O) groups is 1. The molecule has 5 nitrogen and oxygen atoms in total. The molecule has 0 aromatic rings. The second-order valence-corrected chi connectivity index (χ2v) is 2.85. The first-order valence-electron chi connectivity index (χ1n) is 3.90. The van der Waals surface area contributed by atoms with Crippen LogP contribution < -0.4 is 21.5 Å². The number of rotatable bonds is 4. The first-order chi connectivity index (χ1) is 5.83. The van der Waals surface area contributed by atoms with Gasteiger partial charge in [-0.05, 0) is 0 Å². The van der Waals surface area contributed by atoms with Gasteiger partial charge in [0.2, 0.25) is 5.91 Å². The highest BCUT2D eigenvalue weighted by atomic mass is 35.5. The Morgan fingerprint density at radius 2 is 2.17 bits per heavy atom. The highest BCUT2D eigenvalue weighted by Crippen LogP contribution is 1.83. The molecule has 1 aliphatic rings. The number of alkyl halides is 1. The Morgan fingerprint density at radius 1 is 1.50 bits per heavy atom. The van der Waals surface area contributed by atoms with Crippen molar-refractivity contribution in [3.05, 3.63) is 0 Å². The molecular weight excluding hydrogens is 180 g/mol. The summed E-state index contributed by atoms with van der Waals surface area (Å²) in [5.41, 5.74) is 5.31. The second kappa shape index (κ2) is 5.31. The third-order valence-corrected chi connectivity index (χ3v) is 1.69. The van der Waals surface area contributed by atoms with Crippen molar-refractivity contribution in [2.45, 2.75) is 12.7 Å². The van der Waals surface area contributed by atoms with Crippen LogP contribution in [0.5, 0.6) is 0 Å². The van der Waals surface area contributed by atoms with Crippen LogP contribution in [-0.4, -0.2) is 31.2 Å². The number of hydrogen-bond acceptors (Lipinski definition) is 4. The van der Waals surface area contributed by atoms with E-state index in [-0.39, 0.29) is 12.2 Å². The summed E-state index contributed by atoms with van der Waals surface area (Å²) >= 11 is 5.37. The molecule has 0 aromatic heterocycles. The summed E-state index contributed by atoms with van der Waals surface area (Å²) in [5.74, 6) is 0.250. The Bertz CT molecular complexity index is 148. The van der Waals surface area contributed by atoms with Crippen LogP contribution in [0.3, 0.4) is 0 Å². The Kier molecular flexibility index (Phi) is 4.31. The summed E-state index contributed by atoms with van der Waals surface area (Å²) < 4.78 is 0. The lowest BCUT2D eigenvalue weighted by atomic mass is 10.5. The van der Waals surface area contributed by atoms with E-state index in [2.05, 4.69) is 21.5 Å². The van der Waals surface area contributed by atoms with Gasteiger partial charge in [0.1, 0.15) is 6.29 Å². The molecule has 0 aromatic carbocycles. The van der Waals surface area contributed by atoms with Gasteiger partial charge in [0.05, 0.1) is 0 Å². The smallest absolute Gasteiger partial charge is 0.235 e. The fourth-order valence-corrected chi connectivity index (χ4v) is 1.08. The maximum atomic E-state index is 10.9. The van der Waals surface area contributed by atoms with Crippen molar-refractivity contribution in [3.63, 3.8) is 0 Å². The lowest BCUT2D eigenvalue weighted by molar-refractivity contribution is -0.122. The predicted octanol–water partition coefficient (Wildman–Crippen LogP) is -1.29. The van der Waals surface area contributed by atoms with Crippen LogP contribution in [0, 0.1) is 0 Å². The Hall–Kier alpha value is -0.360. The fourth-order valence-electron chi connectivity index (χ4n) is 0.908. The van der Waals surface area contributed by atoms with Crippen LogP contribution in [0.15, 0.2) is 0 Å². The normalized spacial score (nSPS) is 18.1. The van der Waals surface area contributed by atoms with Crippen molar-refractivity contribution in [1.82, 2.24) is 21.5 Å². The molecule has 1 aliphatic heterocycles. The quantitative estimate of drug-likeness (QED) is 0.331. The van der Waals surface area contributed by atoms with E-state index < -0.39 is 0 Å². The molecule has 0 unspecified atom stereocenters. The monoisotopic (exact) mass is 192 g/mol. The third kappa shape index (κ3) is 3.36. The molecule has 70 valence electrons. The summed E-state index contributed by atoms with van der Waals surface area (Å²) in [4.78, 5) is 10.9. The van der Waals surface area contributed by atoms with Crippen molar-refractivity contribution in [2.75, 3.05) is 19.0 Å². The van der Waals surface area contributed by atoms with Gasteiger partial charge >= 0.3 is 0 Å². The molecule has 0 saturated carbocycles. The predicted molar refractivity (Wildman–Crippen MR) is 46.4 cm³/mol. The van der Waals surface area contributed by atoms with Crippen molar-refractivity contribution in [1.29, 1.82) is 0 Å². The summed E-state index contributed by atoms with van der Waals surface area (Å²) in [6.45, 7) is 1.81. The average molecular weight is 193 g/mol. The molecule has 1 saturated heterocycles. The van der Waals surface area contributed by atoms with Crippen LogP contribution in [-0.2, 0) is 4.79 Å². The number of hydrogen-bond donors (Lipinski definition) is 4. The SMILES string of the molecule is O=C(CCCl)NNC1NCCN1. The van der Waals surface area contributed by atoms with Gasteiger partial charge in [0, 0.05) is 25.4 Å². The molecule has 0 bridgehead atoms. The van der Waals surface area contributed by atoms with E-state index in [1.807, 2.05) is 0 Å². The first kappa shape index (κ1) is 9.73. The van der Waals surface area contributed by atoms with Crippen molar-refractivity contribution in [2.24, 2.45) is 0 Å². The van der Waals surface area contributed by atoms with Gasteiger partial charge in [-0.25, -0.2) is 5.43 Å². The van der Waals surface area contributed by atoms with Gasteiger partial charge in [0.15, 0.2) is 0 Å². The van der Waals surface area contributed by atoms with E-state index in [1.165, 1.54) is 0 Å². The molecule has 6 heteroatoms. The molecule has 1 rings (SSSR count). The fraction of sp³-hybridized carbons (Fsp3) is 0.833. The first-order valence-corrected chi connectivity index (χ1v) is 4.43. The van der Waals surface area contributed by atoms with Crippen LogP contribution in [0.4, 0.5) is 0 Å². The molecular formula is C6H13ClN4O.